The molecule has 0 bridgehead atoms. The van der Waals surface area contributed by atoms with Crippen molar-refractivity contribution in [2.24, 2.45) is 50.2 Å². The average molecular weight is 649 g/mol. The Morgan fingerprint density at radius 1 is 0.935 bits per heavy atom. The molecule has 15 atom stereocenters. The third-order valence-corrected chi connectivity index (χ3v) is 15.1. The van der Waals surface area contributed by atoms with Gasteiger partial charge in [-0.25, -0.2) is 0 Å². The summed E-state index contributed by atoms with van der Waals surface area (Å²) in [6, 6.07) is 0. The number of rotatable bonds is 5. The van der Waals surface area contributed by atoms with E-state index in [2.05, 4.69) is 40.7 Å². The van der Waals surface area contributed by atoms with Crippen LogP contribution in [-0.4, -0.2) is 92.4 Å². The van der Waals surface area contributed by atoms with Crippen LogP contribution in [0.4, 0.5) is 0 Å². The summed E-state index contributed by atoms with van der Waals surface area (Å²) in [5.41, 5.74) is -1.80. The Bertz CT molecular complexity index is 1270. The van der Waals surface area contributed by atoms with E-state index in [0.29, 0.717) is 19.3 Å². The van der Waals surface area contributed by atoms with Crippen LogP contribution in [0.15, 0.2) is 11.6 Å². The minimum Gasteiger partial charge on any atom is -0.481 e. The van der Waals surface area contributed by atoms with Crippen molar-refractivity contribution >= 4 is 12.3 Å². The van der Waals surface area contributed by atoms with Gasteiger partial charge in [0.15, 0.2) is 6.29 Å². The number of carbonyl (C=O) groups is 2. The Labute approximate surface area is 272 Å². The fourth-order valence-corrected chi connectivity index (χ4v) is 12.2. The van der Waals surface area contributed by atoms with Crippen molar-refractivity contribution in [3.05, 3.63) is 11.6 Å². The van der Waals surface area contributed by atoms with Crippen molar-refractivity contribution in [3.8, 4) is 0 Å². The van der Waals surface area contributed by atoms with Crippen LogP contribution in [-0.2, 0) is 19.1 Å². The number of aliphatic hydroxyl groups excluding tert-OH is 5. The van der Waals surface area contributed by atoms with Gasteiger partial charge in [-0.3, -0.25) is 4.79 Å². The van der Waals surface area contributed by atoms with Gasteiger partial charge < -0.3 is 44.9 Å². The first-order valence-corrected chi connectivity index (χ1v) is 17.4. The van der Waals surface area contributed by atoms with E-state index in [1.165, 1.54) is 5.57 Å². The van der Waals surface area contributed by atoms with E-state index in [-0.39, 0.29) is 34.0 Å². The lowest BCUT2D eigenvalue weighted by atomic mass is 9.33. The van der Waals surface area contributed by atoms with Crippen LogP contribution >= 0.6 is 0 Å². The van der Waals surface area contributed by atoms with Crippen LogP contribution in [0.25, 0.3) is 0 Å². The molecule has 6 rings (SSSR count). The molecule has 1 aliphatic heterocycles. The molecule has 5 aliphatic carbocycles. The summed E-state index contributed by atoms with van der Waals surface area (Å²) in [6.07, 6.45) is 0.720. The quantitative estimate of drug-likeness (QED) is 0.148. The van der Waals surface area contributed by atoms with Crippen molar-refractivity contribution in [1.82, 2.24) is 0 Å². The predicted molar refractivity (Wildman–Crippen MR) is 167 cm³/mol. The lowest BCUT2D eigenvalue weighted by Gasteiger charge is -2.71. The van der Waals surface area contributed by atoms with Crippen LogP contribution in [0.5, 0.6) is 0 Å². The van der Waals surface area contributed by atoms with E-state index in [0.717, 1.165) is 44.8 Å². The molecule has 46 heavy (non-hydrogen) atoms. The highest BCUT2D eigenvalue weighted by Gasteiger charge is 2.72. The number of fused-ring (bicyclic) bond motifs is 7. The molecular weight excluding hydrogens is 592 g/mol. The minimum absolute atomic E-state index is 0.0189. The fourth-order valence-electron chi connectivity index (χ4n) is 12.2. The number of ether oxygens (including phenoxy) is 2. The number of allylic oxidation sites excluding steroid dienone is 2. The third kappa shape index (κ3) is 4.46. The van der Waals surface area contributed by atoms with Crippen molar-refractivity contribution in [2.75, 3.05) is 6.61 Å². The normalized spacial score (nSPS) is 54.7. The predicted octanol–water partition coefficient (Wildman–Crippen LogP) is 3.21. The molecule has 5 fully saturated rings. The Balaban J connectivity index is 1.33. The van der Waals surface area contributed by atoms with Crippen LogP contribution < -0.4 is 0 Å². The first kappa shape index (κ1) is 34.5. The molecule has 0 unspecified atom stereocenters. The minimum atomic E-state index is -1.56. The summed E-state index contributed by atoms with van der Waals surface area (Å²) >= 11 is 0. The largest absolute Gasteiger partial charge is 0.481 e. The number of hydrogen-bond acceptors (Lipinski definition) is 9. The van der Waals surface area contributed by atoms with E-state index in [1.54, 1.807) is 0 Å². The van der Waals surface area contributed by atoms with Crippen LogP contribution in [0.2, 0.25) is 0 Å². The van der Waals surface area contributed by atoms with E-state index in [9.17, 15) is 40.2 Å². The Morgan fingerprint density at radius 2 is 1.63 bits per heavy atom. The first-order chi connectivity index (χ1) is 21.4. The van der Waals surface area contributed by atoms with E-state index < -0.39 is 71.7 Å². The van der Waals surface area contributed by atoms with Crippen LogP contribution in [0, 0.1) is 50.2 Å². The van der Waals surface area contributed by atoms with Crippen LogP contribution in [0.3, 0.4) is 0 Å². The molecule has 0 aromatic rings. The number of aliphatic hydroxyl groups is 5. The topological polar surface area (TPSA) is 174 Å². The lowest BCUT2D eigenvalue weighted by Crippen LogP contribution is -2.68. The zero-order valence-electron chi connectivity index (χ0n) is 28.3. The molecule has 0 aromatic heterocycles. The maximum atomic E-state index is 13.1. The van der Waals surface area contributed by atoms with Gasteiger partial charge in [0.25, 0.3) is 0 Å². The van der Waals surface area contributed by atoms with Gasteiger partial charge in [0, 0.05) is 0 Å². The van der Waals surface area contributed by atoms with E-state index in [1.807, 2.05) is 6.92 Å². The molecular formula is C36H56O10. The number of carbonyl (C=O) groups excluding carboxylic acids is 1. The summed E-state index contributed by atoms with van der Waals surface area (Å²) in [4.78, 5) is 26.1. The standard InChI is InChI=1S/C36H56O10/c1-31(2)13-14-36(30(43)44)20(15-31)19-7-8-23-32(3)11-10-25(46-29-28(42)27(41)26(40)21(17-37)45-29)33(4,18-38)22(32)9-12-34(23,5)35(19,6)16-24(36)39/h7,18,20-29,37,39-42H,8-17H2,1-6H3,(H,43,44)/t20-,21-,22+,23+,24+,25-,26-,27+,28-,29+,32-,33-,34+,35+,36+/m0/s1. The van der Waals surface area contributed by atoms with Crippen molar-refractivity contribution < 1.29 is 49.7 Å². The van der Waals surface area contributed by atoms with E-state index in [4.69, 9.17) is 9.47 Å². The maximum Gasteiger partial charge on any atom is 0.312 e. The van der Waals surface area contributed by atoms with Gasteiger partial charge in [-0.2, -0.15) is 0 Å². The monoisotopic (exact) mass is 648 g/mol. The number of aliphatic carboxylic acids is 1. The van der Waals surface area contributed by atoms with Gasteiger partial charge >= 0.3 is 5.97 Å². The smallest absolute Gasteiger partial charge is 0.312 e. The zero-order valence-corrected chi connectivity index (χ0v) is 28.3. The highest BCUT2D eigenvalue weighted by atomic mass is 16.7. The molecule has 6 N–H and O–H groups in total. The summed E-state index contributed by atoms with van der Waals surface area (Å²) in [6.45, 7) is 12.7. The van der Waals surface area contributed by atoms with Gasteiger partial charge in [0.1, 0.15) is 36.1 Å². The van der Waals surface area contributed by atoms with Crippen molar-refractivity contribution in [2.45, 2.75) is 142 Å². The molecule has 10 nitrogen and oxygen atoms in total. The number of carboxylic acid groups (broad SMARTS) is 1. The van der Waals surface area contributed by atoms with Crippen molar-refractivity contribution in [3.63, 3.8) is 0 Å². The SMILES string of the molecule is CC1(C)CC[C@]2(C(=O)O)[C@H](O)C[C@]3(C)C(=CC[C@@H]4[C@@]5(C)CC[C@H](O[C@H]6O[C@@H](CO)[C@H](O)[C@@H](O)[C@@H]6O)[C@@](C)(C=O)[C@@H]5CC[C@]43C)[C@@H]2C1. The number of hydrogen-bond donors (Lipinski definition) is 6. The molecule has 0 radical (unpaired) electrons. The highest BCUT2D eigenvalue weighted by molar-refractivity contribution is 5.77. The Hall–Kier alpha value is -1.40. The molecule has 10 heteroatoms. The second-order valence-electron chi connectivity index (χ2n) is 17.6. The van der Waals surface area contributed by atoms with Crippen molar-refractivity contribution in [1.29, 1.82) is 0 Å². The Morgan fingerprint density at radius 3 is 2.26 bits per heavy atom. The molecule has 1 saturated heterocycles. The van der Waals surface area contributed by atoms with Gasteiger partial charge in [0.05, 0.1) is 24.2 Å². The Kier molecular flexibility index (Phi) is 8.28. The molecule has 0 spiro atoms. The second kappa shape index (κ2) is 11.1. The molecule has 0 aromatic carbocycles. The van der Waals surface area contributed by atoms with Gasteiger partial charge in [-0.1, -0.05) is 53.2 Å². The molecule has 1 heterocycles. The van der Waals surface area contributed by atoms with Gasteiger partial charge in [-0.15, -0.1) is 0 Å². The van der Waals surface area contributed by atoms with E-state index >= 15 is 0 Å². The first-order valence-electron chi connectivity index (χ1n) is 17.4. The number of aldehydes is 1. The summed E-state index contributed by atoms with van der Waals surface area (Å²) < 4.78 is 12.0. The lowest BCUT2D eigenvalue weighted by molar-refractivity contribution is -0.327. The zero-order chi connectivity index (χ0) is 33.8. The molecule has 4 saturated carbocycles. The van der Waals surface area contributed by atoms with Gasteiger partial charge in [0.2, 0.25) is 0 Å². The highest BCUT2D eigenvalue weighted by Crippen LogP contribution is 2.75. The molecule has 0 amide bonds. The molecule has 260 valence electrons. The average Bonchev–Trinajstić information content (AvgIpc) is 2.98. The summed E-state index contributed by atoms with van der Waals surface area (Å²) in [5.74, 6) is -0.987. The molecule has 6 aliphatic rings. The third-order valence-electron chi connectivity index (χ3n) is 15.1. The summed E-state index contributed by atoms with van der Waals surface area (Å²) in [5, 5.41) is 63.5. The maximum absolute atomic E-state index is 13.1. The fraction of sp³-hybridized carbons (Fsp3) is 0.889. The van der Waals surface area contributed by atoms with Crippen LogP contribution in [0.1, 0.15) is 99.3 Å². The second-order valence-corrected chi connectivity index (χ2v) is 17.6. The number of carboxylic acids is 1. The summed E-state index contributed by atoms with van der Waals surface area (Å²) in [7, 11) is 0. The van der Waals surface area contributed by atoms with Gasteiger partial charge in [-0.05, 0) is 97.2 Å².